The molecule has 0 fully saturated rings. The molecule has 8 nitrogen and oxygen atoms in total. The van der Waals surface area contributed by atoms with E-state index in [1.54, 1.807) is 0 Å². The quantitative estimate of drug-likeness (QED) is 0.282. The number of thiazole rings is 1. The second-order valence-electron chi connectivity index (χ2n) is 6.28. The summed E-state index contributed by atoms with van der Waals surface area (Å²) in [4.78, 5) is 19.7. The number of nitrogens with one attached hydrogen (secondary N) is 2. The molecule has 0 bridgehead atoms. The van der Waals surface area contributed by atoms with E-state index in [0.29, 0.717) is 41.4 Å². The average molecular weight is 408 g/mol. The molecule has 154 valence electrons. The van der Waals surface area contributed by atoms with Crippen LogP contribution < -0.4 is 16.4 Å². The first-order valence-corrected chi connectivity index (χ1v) is 10.4. The Morgan fingerprint density at radius 1 is 1.32 bits per heavy atom. The largest absolute Gasteiger partial charge is 0.458 e. The van der Waals surface area contributed by atoms with Gasteiger partial charge in [-0.2, -0.15) is 0 Å². The van der Waals surface area contributed by atoms with Gasteiger partial charge in [0.25, 0.3) is 0 Å². The number of rotatable bonds is 12. The summed E-state index contributed by atoms with van der Waals surface area (Å²) in [6, 6.07) is 3.65. The Hall–Kier alpha value is -2.39. The SMILES string of the molecule is CCCCOCCCCN=C(N)Nc1nc(-c2ccc(CNC(C)=O)o2)cs1. The van der Waals surface area contributed by atoms with Gasteiger partial charge in [0.05, 0.1) is 6.54 Å². The van der Waals surface area contributed by atoms with Crippen LogP contribution in [0.5, 0.6) is 0 Å². The molecular formula is C19H29N5O3S. The number of carbonyl (C=O) groups is 1. The molecule has 0 radical (unpaired) electrons. The number of ether oxygens (including phenoxy) is 1. The molecule has 0 aliphatic heterocycles. The minimum atomic E-state index is -0.100. The van der Waals surface area contributed by atoms with Gasteiger partial charge in [0.15, 0.2) is 16.9 Å². The van der Waals surface area contributed by atoms with E-state index < -0.39 is 0 Å². The molecule has 28 heavy (non-hydrogen) atoms. The van der Waals surface area contributed by atoms with Crippen molar-refractivity contribution in [3.8, 4) is 11.5 Å². The number of nitrogens with two attached hydrogens (primary N) is 1. The van der Waals surface area contributed by atoms with Crippen molar-refractivity contribution in [2.45, 2.75) is 46.1 Å². The monoisotopic (exact) mass is 407 g/mol. The highest BCUT2D eigenvalue weighted by atomic mass is 32.1. The van der Waals surface area contributed by atoms with Gasteiger partial charge in [0, 0.05) is 32.1 Å². The standard InChI is InChI=1S/C19H29N5O3S/c1-3-4-10-26-11-6-5-9-21-18(20)24-19-23-16(13-28-19)17-8-7-15(27-17)12-22-14(2)25/h7-8,13H,3-6,9-12H2,1-2H3,(H,22,25)(H3,20,21,23,24). The van der Waals surface area contributed by atoms with Crippen molar-refractivity contribution in [1.29, 1.82) is 0 Å². The van der Waals surface area contributed by atoms with Crippen LogP contribution in [-0.4, -0.2) is 36.6 Å². The molecule has 0 saturated heterocycles. The van der Waals surface area contributed by atoms with E-state index >= 15 is 0 Å². The van der Waals surface area contributed by atoms with Gasteiger partial charge in [0.1, 0.15) is 11.5 Å². The molecular weight excluding hydrogens is 378 g/mol. The van der Waals surface area contributed by atoms with Gasteiger partial charge in [-0.15, -0.1) is 11.3 Å². The summed E-state index contributed by atoms with van der Waals surface area (Å²) >= 11 is 1.42. The zero-order valence-electron chi connectivity index (χ0n) is 16.5. The van der Waals surface area contributed by atoms with Gasteiger partial charge in [0.2, 0.25) is 5.91 Å². The summed E-state index contributed by atoms with van der Waals surface area (Å²) in [6.07, 6.45) is 4.17. The average Bonchev–Trinajstić information content (AvgIpc) is 3.31. The first-order valence-electron chi connectivity index (χ1n) is 9.52. The summed E-state index contributed by atoms with van der Waals surface area (Å²) in [5.41, 5.74) is 6.62. The number of unbranched alkanes of at least 4 members (excludes halogenated alkanes) is 2. The number of anilines is 1. The fourth-order valence-corrected chi connectivity index (χ4v) is 2.99. The molecule has 0 aliphatic carbocycles. The van der Waals surface area contributed by atoms with Crippen LogP contribution >= 0.6 is 11.3 Å². The third-order valence-corrected chi connectivity index (χ3v) is 4.54. The lowest BCUT2D eigenvalue weighted by Crippen LogP contribution is -2.22. The molecule has 4 N–H and O–H groups in total. The summed E-state index contributed by atoms with van der Waals surface area (Å²) in [7, 11) is 0. The van der Waals surface area contributed by atoms with Gasteiger partial charge in [-0.3, -0.25) is 9.79 Å². The summed E-state index contributed by atoms with van der Waals surface area (Å²) in [6.45, 7) is 6.23. The van der Waals surface area contributed by atoms with Crippen LogP contribution in [0.1, 0.15) is 45.3 Å². The van der Waals surface area contributed by atoms with Crippen molar-refractivity contribution in [3.05, 3.63) is 23.3 Å². The van der Waals surface area contributed by atoms with Crippen LogP contribution in [0.4, 0.5) is 5.13 Å². The minimum Gasteiger partial charge on any atom is -0.458 e. The van der Waals surface area contributed by atoms with Crippen molar-refractivity contribution >= 4 is 28.3 Å². The summed E-state index contributed by atoms with van der Waals surface area (Å²) < 4.78 is 11.2. The smallest absolute Gasteiger partial charge is 0.217 e. The number of carbonyl (C=O) groups excluding carboxylic acids is 1. The maximum atomic E-state index is 11.0. The topological polar surface area (TPSA) is 115 Å². The third kappa shape index (κ3) is 8.10. The van der Waals surface area contributed by atoms with Crippen LogP contribution in [0.15, 0.2) is 26.9 Å². The van der Waals surface area contributed by atoms with Crippen LogP contribution in [0.3, 0.4) is 0 Å². The molecule has 0 atom stereocenters. The van der Waals surface area contributed by atoms with Gasteiger partial charge in [-0.25, -0.2) is 4.98 Å². The Morgan fingerprint density at radius 3 is 2.93 bits per heavy atom. The molecule has 0 aliphatic rings. The molecule has 0 saturated carbocycles. The van der Waals surface area contributed by atoms with Crippen LogP contribution in [0, 0.1) is 0 Å². The Morgan fingerprint density at radius 2 is 2.14 bits per heavy atom. The predicted octanol–water partition coefficient (Wildman–Crippen LogP) is 3.36. The number of furan rings is 1. The van der Waals surface area contributed by atoms with Crippen molar-refractivity contribution < 1.29 is 13.9 Å². The second kappa shape index (κ2) is 12.1. The molecule has 0 unspecified atom stereocenters. The van der Waals surface area contributed by atoms with E-state index in [2.05, 4.69) is 27.5 Å². The van der Waals surface area contributed by atoms with Crippen molar-refractivity contribution in [2.75, 3.05) is 25.1 Å². The number of aromatic nitrogens is 1. The normalized spacial score (nSPS) is 11.6. The van der Waals surface area contributed by atoms with E-state index in [1.165, 1.54) is 18.3 Å². The van der Waals surface area contributed by atoms with E-state index in [-0.39, 0.29) is 5.91 Å². The van der Waals surface area contributed by atoms with Crippen molar-refractivity contribution in [3.63, 3.8) is 0 Å². The van der Waals surface area contributed by atoms with Gasteiger partial charge >= 0.3 is 0 Å². The van der Waals surface area contributed by atoms with Crippen LogP contribution in [0.2, 0.25) is 0 Å². The predicted molar refractivity (Wildman–Crippen MR) is 112 cm³/mol. The van der Waals surface area contributed by atoms with E-state index in [0.717, 1.165) is 38.9 Å². The second-order valence-corrected chi connectivity index (χ2v) is 7.14. The maximum Gasteiger partial charge on any atom is 0.217 e. The number of hydrogen-bond acceptors (Lipinski definition) is 6. The van der Waals surface area contributed by atoms with E-state index in [4.69, 9.17) is 14.9 Å². The lowest BCUT2D eigenvalue weighted by atomic mass is 10.3. The maximum absolute atomic E-state index is 11.0. The molecule has 0 spiro atoms. The Balaban J connectivity index is 1.73. The lowest BCUT2D eigenvalue weighted by molar-refractivity contribution is -0.119. The fraction of sp³-hybridized carbons (Fsp3) is 0.526. The molecule has 1 amide bonds. The zero-order valence-corrected chi connectivity index (χ0v) is 17.3. The fourth-order valence-electron chi connectivity index (χ4n) is 2.28. The number of aliphatic imine (C=N–C) groups is 1. The van der Waals surface area contributed by atoms with Gasteiger partial charge < -0.3 is 25.5 Å². The summed E-state index contributed by atoms with van der Waals surface area (Å²) in [5.74, 6) is 1.56. The highest BCUT2D eigenvalue weighted by Gasteiger charge is 2.10. The highest BCUT2D eigenvalue weighted by molar-refractivity contribution is 7.14. The Kier molecular flexibility index (Phi) is 9.50. The first-order chi connectivity index (χ1) is 13.6. The zero-order chi connectivity index (χ0) is 20.2. The van der Waals surface area contributed by atoms with Gasteiger partial charge in [-0.1, -0.05) is 13.3 Å². The first kappa shape index (κ1) is 21.9. The Bertz CT molecular complexity index is 756. The number of nitrogens with zero attached hydrogens (tertiary/aromatic N) is 2. The van der Waals surface area contributed by atoms with Crippen LogP contribution in [0.25, 0.3) is 11.5 Å². The van der Waals surface area contributed by atoms with Crippen molar-refractivity contribution in [1.82, 2.24) is 10.3 Å². The van der Waals surface area contributed by atoms with E-state index in [1.807, 2.05) is 17.5 Å². The molecule has 2 aromatic heterocycles. The lowest BCUT2D eigenvalue weighted by Gasteiger charge is -2.03. The number of amides is 1. The van der Waals surface area contributed by atoms with E-state index in [9.17, 15) is 4.79 Å². The third-order valence-electron chi connectivity index (χ3n) is 3.79. The minimum absolute atomic E-state index is 0.100. The Labute approximate surface area is 169 Å². The molecule has 2 rings (SSSR count). The molecule has 2 aromatic rings. The summed E-state index contributed by atoms with van der Waals surface area (Å²) in [5, 5.41) is 8.23. The molecule has 9 heteroatoms. The highest BCUT2D eigenvalue weighted by Crippen LogP contribution is 2.26. The number of guanidine groups is 1. The molecule has 0 aromatic carbocycles. The number of hydrogen-bond donors (Lipinski definition) is 3. The van der Waals surface area contributed by atoms with Crippen LogP contribution in [-0.2, 0) is 16.1 Å². The van der Waals surface area contributed by atoms with Crippen molar-refractivity contribution in [2.24, 2.45) is 10.7 Å². The molecule has 2 heterocycles. The van der Waals surface area contributed by atoms with Gasteiger partial charge in [-0.05, 0) is 31.4 Å².